The number of carbonyl (C=O) groups excluding carboxylic acids is 2. The van der Waals surface area contributed by atoms with Crippen molar-refractivity contribution in [2.24, 2.45) is 0 Å². The number of aryl methyl sites for hydroxylation is 2. The Morgan fingerprint density at radius 1 is 1.28 bits per heavy atom. The van der Waals surface area contributed by atoms with Crippen molar-refractivity contribution in [1.82, 2.24) is 10.6 Å². The van der Waals surface area contributed by atoms with Gasteiger partial charge in [-0.2, -0.15) is 0 Å². The first-order chi connectivity index (χ1) is 8.58. The molecule has 0 saturated heterocycles. The molecule has 18 heavy (non-hydrogen) atoms. The first kappa shape index (κ1) is 14.7. The molecule has 0 aliphatic rings. The van der Waals surface area contributed by atoms with Gasteiger partial charge in [-0.25, -0.2) is 0 Å². The monoisotopic (exact) mass is 268 g/mol. The molecule has 0 aliphatic heterocycles. The van der Waals surface area contributed by atoms with Crippen LogP contribution in [0.5, 0.6) is 0 Å². The fraction of sp³-hybridized carbons (Fsp3) is 0.538. The lowest BCUT2D eigenvalue weighted by atomic mass is 10.2. The van der Waals surface area contributed by atoms with Crippen LogP contribution in [-0.4, -0.2) is 24.9 Å². The van der Waals surface area contributed by atoms with Gasteiger partial charge in [0.1, 0.15) is 0 Å². The van der Waals surface area contributed by atoms with E-state index in [1.54, 1.807) is 0 Å². The van der Waals surface area contributed by atoms with E-state index >= 15 is 0 Å². The molecule has 4 nitrogen and oxygen atoms in total. The van der Waals surface area contributed by atoms with Crippen LogP contribution in [0.4, 0.5) is 0 Å². The van der Waals surface area contributed by atoms with E-state index in [0.29, 0.717) is 11.4 Å². The van der Waals surface area contributed by atoms with E-state index in [1.807, 2.05) is 19.9 Å². The summed E-state index contributed by atoms with van der Waals surface area (Å²) in [5, 5.41) is 5.35. The summed E-state index contributed by atoms with van der Waals surface area (Å²) < 4.78 is 0. The number of hydrogen-bond acceptors (Lipinski definition) is 3. The Hall–Kier alpha value is -1.36. The molecule has 1 rings (SSSR count). The highest BCUT2D eigenvalue weighted by Crippen LogP contribution is 2.21. The van der Waals surface area contributed by atoms with Crippen molar-refractivity contribution in [2.45, 2.75) is 33.6 Å². The fourth-order valence-corrected chi connectivity index (χ4v) is 2.59. The normalized spacial score (nSPS) is 10.2. The molecule has 0 radical (unpaired) electrons. The van der Waals surface area contributed by atoms with Crippen molar-refractivity contribution < 1.29 is 9.59 Å². The van der Waals surface area contributed by atoms with Crippen molar-refractivity contribution in [2.75, 3.05) is 13.1 Å². The summed E-state index contributed by atoms with van der Waals surface area (Å²) in [6.07, 6.45) is 1.82. The molecule has 0 aliphatic carbocycles. The molecule has 1 aromatic heterocycles. The summed E-state index contributed by atoms with van der Waals surface area (Å²) in [6.45, 7) is 6.74. The summed E-state index contributed by atoms with van der Waals surface area (Å²) in [7, 11) is 0. The first-order valence-corrected chi connectivity index (χ1v) is 7.04. The molecule has 0 unspecified atom stereocenters. The van der Waals surface area contributed by atoms with Gasteiger partial charge in [0.25, 0.3) is 5.91 Å². The maximum atomic E-state index is 11.8. The number of thiophene rings is 1. The Labute approximate surface area is 112 Å². The zero-order valence-corrected chi connectivity index (χ0v) is 11.9. The van der Waals surface area contributed by atoms with Gasteiger partial charge in [0.2, 0.25) is 5.91 Å². The van der Waals surface area contributed by atoms with E-state index in [-0.39, 0.29) is 18.4 Å². The van der Waals surface area contributed by atoms with Gasteiger partial charge >= 0.3 is 0 Å². The van der Waals surface area contributed by atoms with E-state index in [9.17, 15) is 9.59 Å². The molecule has 0 spiro atoms. The van der Waals surface area contributed by atoms with Crippen LogP contribution in [0.15, 0.2) is 6.07 Å². The zero-order valence-electron chi connectivity index (χ0n) is 11.1. The topological polar surface area (TPSA) is 58.2 Å². The number of nitrogens with one attached hydrogen (secondary N) is 2. The Morgan fingerprint density at radius 3 is 2.56 bits per heavy atom. The zero-order chi connectivity index (χ0) is 13.5. The van der Waals surface area contributed by atoms with Crippen LogP contribution < -0.4 is 10.6 Å². The van der Waals surface area contributed by atoms with Crippen molar-refractivity contribution in [3.05, 3.63) is 21.4 Å². The van der Waals surface area contributed by atoms with E-state index < -0.39 is 0 Å². The van der Waals surface area contributed by atoms with Crippen LogP contribution in [0.3, 0.4) is 0 Å². The van der Waals surface area contributed by atoms with Crippen LogP contribution in [0.1, 0.15) is 40.4 Å². The number of rotatable bonds is 6. The summed E-state index contributed by atoms with van der Waals surface area (Å²) in [4.78, 5) is 25.1. The SMILES string of the molecule is CCCNC(=O)CNC(=O)c1cc(C)c(CC)s1. The minimum absolute atomic E-state index is 0.0389. The van der Waals surface area contributed by atoms with Crippen LogP contribution in [-0.2, 0) is 11.2 Å². The lowest BCUT2D eigenvalue weighted by molar-refractivity contribution is -0.120. The number of amides is 2. The second-order valence-corrected chi connectivity index (χ2v) is 5.24. The lowest BCUT2D eigenvalue weighted by Gasteiger charge is -2.04. The average Bonchev–Trinajstić information content (AvgIpc) is 2.74. The molecule has 0 saturated carbocycles. The van der Waals surface area contributed by atoms with Gasteiger partial charge in [0, 0.05) is 11.4 Å². The predicted octanol–water partition coefficient (Wildman–Crippen LogP) is 1.87. The number of hydrogen-bond donors (Lipinski definition) is 2. The third-order valence-corrected chi connectivity index (χ3v) is 3.93. The highest BCUT2D eigenvalue weighted by Gasteiger charge is 2.12. The molecule has 1 aromatic rings. The van der Waals surface area contributed by atoms with Crippen molar-refractivity contribution >= 4 is 23.2 Å². The maximum Gasteiger partial charge on any atom is 0.261 e. The molecule has 2 amide bonds. The molecular weight excluding hydrogens is 248 g/mol. The highest BCUT2D eigenvalue weighted by molar-refractivity contribution is 7.14. The van der Waals surface area contributed by atoms with Crippen molar-refractivity contribution in [3.8, 4) is 0 Å². The van der Waals surface area contributed by atoms with E-state index in [1.165, 1.54) is 16.2 Å². The van der Waals surface area contributed by atoms with E-state index in [0.717, 1.165) is 18.4 Å². The van der Waals surface area contributed by atoms with Crippen LogP contribution in [0.2, 0.25) is 0 Å². The molecule has 0 aromatic carbocycles. The predicted molar refractivity (Wildman–Crippen MR) is 74.1 cm³/mol. The minimum atomic E-state index is -0.172. The van der Waals surface area contributed by atoms with Gasteiger partial charge in [-0.3, -0.25) is 9.59 Å². The summed E-state index contributed by atoms with van der Waals surface area (Å²) >= 11 is 1.49. The van der Waals surface area contributed by atoms with Crippen LogP contribution in [0.25, 0.3) is 0 Å². The number of carbonyl (C=O) groups is 2. The van der Waals surface area contributed by atoms with Gasteiger partial charge in [0.15, 0.2) is 0 Å². The molecule has 0 fully saturated rings. The van der Waals surface area contributed by atoms with Crippen molar-refractivity contribution in [3.63, 3.8) is 0 Å². The van der Waals surface area contributed by atoms with Crippen molar-refractivity contribution in [1.29, 1.82) is 0 Å². The Kier molecular flexibility index (Phi) is 5.85. The smallest absolute Gasteiger partial charge is 0.261 e. The molecule has 0 atom stereocenters. The standard InChI is InChI=1S/C13H20N2O2S/c1-4-6-14-12(16)8-15-13(17)11-7-9(3)10(5-2)18-11/h7H,4-6,8H2,1-3H3,(H,14,16)(H,15,17). The Morgan fingerprint density at radius 2 is 2.00 bits per heavy atom. The molecular formula is C13H20N2O2S. The molecule has 2 N–H and O–H groups in total. The average molecular weight is 268 g/mol. The third kappa shape index (κ3) is 4.14. The van der Waals surface area contributed by atoms with E-state index in [4.69, 9.17) is 0 Å². The Bertz CT molecular complexity index is 427. The first-order valence-electron chi connectivity index (χ1n) is 6.22. The van der Waals surface area contributed by atoms with Crippen LogP contribution in [0, 0.1) is 6.92 Å². The quantitative estimate of drug-likeness (QED) is 0.827. The summed E-state index contributed by atoms with van der Waals surface area (Å²) in [6, 6.07) is 1.88. The molecule has 100 valence electrons. The second-order valence-electron chi connectivity index (χ2n) is 4.10. The Balaban J connectivity index is 2.47. The second kappa shape index (κ2) is 7.16. The van der Waals surface area contributed by atoms with Gasteiger partial charge in [-0.15, -0.1) is 11.3 Å². The van der Waals surface area contributed by atoms with Gasteiger partial charge in [0.05, 0.1) is 11.4 Å². The highest BCUT2D eigenvalue weighted by atomic mass is 32.1. The van der Waals surface area contributed by atoms with Crippen LogP contribution >= 0.6 is 11.3 Å². The van der Waals surface area contributed by atoms with Gasteiger partial charge in [-0.1, -0.05) is 13.8 Å². The molecule has 0 bridgehead atoms. The fourth-order valence-electron chi connectivity index (χ4n) is 1.56. The minimum Gasteiger partial charge on any atom is -0.355 e. The lowest BCUT2D eigenvalue weighted by Crippen LogP contribution is -2.36. The third-order valence-electron chi connectivity index (χ3n) is 2.55. The van der Waals surface area contributed by atoms with Gasteiger partial charge < -0.3 is 10.6 Å². The maximum absolute atomic E-state index is 11.8. The summed E-state index contributed by atoms with van der Waals surface area (Å²) in [5.74, 6) is -0.316. The largest absolute Gasteiger partial charge is 0.355 e. The molecule has 1 heterocycles. The summed E-state index contributed by atoms with van der Waals surface area (Å²) in [5.41, 5.74) is 1.14. The van der Waals surface area contributed by atoms with E-state index in [2.05, 4.69) is 17.6 Å². The van der Waals surface area contributed by atoms with Gasteiger partial charge in [-0.05, 0) is 31.4 Å². The molecule has 5 heteroatoms.